The molecule has 1 fully saturated rings. The minimum Gasteiger partial charge on any atom is -0.393 e. The minimum atomic E-state index is -0.510. The van der Waals surface area contributed by atoms with Crippen molar-refractivity contribution in [2.24, 2.45) is 5.92 Å². The van der Waals surface area contributed by atoms with Crippen LogP contribution in [0.5, 0.6) is 0 Å². The molecule has 2 rings (SSSR count). The van der Waals surface area contributed by atoms with Crippen LogP contribution in [0.25, 0.3) is 0 Å². The average molecular weight is 252 g/mol. The lowest BCUT2D eigenvalue weighted by Crippen LogP contribution is -2.37. The Labute approximate surface area is 105 Å². The van der Waals surface area contributed by atoms with E-state index in [4.69, 9.17) is 0 Å². The molecule has 7 heteroatoms. The van der Waals surface area contributed by atoms with Gasteiger partial charge in [0.15, 0.2) is 0 Å². The minimum absolute atomic E-state index is 0.0994. The molecule has 1 aromatic heterocycles. The van der Waals surface area contributed by atoms with Crippen molar-refractivity contribution in [1.29, 1.82) is 0 Å². The van der Waals surface area contributed by atoms with Crippen molar-refractivity contribution >= 4 is 11.6 Å². The van der Waals surface area contributed by atoms with Gasteiger partial charge in [-0.1, -0.05) is 0 Å². The van der Waals surface area contributed by atoms with Gasteiger partial charge in [-0.2, -0.15) is 0 Å². The molecule has 1 unspecified atom stereocenters. The van der Waals surface area contributed by atoms with Crippen molar-refractivity contribution in [2.75, 3.05) is 18.0 Å². The Morgan fingerprint density at radius 3 is 2.44 bits per heavy atom. The van der Waals surface area contributed by atoms with Gasteiger partial charge in [-0.25, -0.2) is 9.97 Å². The normalized spacial score (nSPS) is 18.7. The van der Waals surface area contributed by atoms with E-state index in [1.807, 2.05) is 11.8 Å². The van der Waals surface area contributed by atoms with Crippen LogP contribution in [0.3, 0.4) is 0 Å². The summed E-state index contributed by atoms with van der Waals surface area (Å²) in [6.45, 7) is 3.35. The highest BCUT2D eigenvalue weighted by atomic mass is 16.6. The van der Waals surface area contributed by atoms with Crippen LogP contribution in [0.4, 0.5) is 11.6 Å². The van der Waals surface area contributed by atoms with Crippen molar-refractivity contribution < 1.29 is 10.0 Å². The number of aliphatic hydroxyl groups excluding tert-OH is 1. The van der Waals surface area contributed by atoms with E-state index in [1.165, 1.54) is 12.4 Å². The number of aromatic nitrogens is 2. The first-order chi connectivity index (χ1) is 8.58. The predicted octanol–water partition coefficient (Wildman–Crippen LogP) is 0.982. The maximum Gasteiger partial charge on any atom is 0.305 e. The summed E-state index contributed by atoms with van der Waals surface area (Å²) >= 11 is 0. The topological polar surface area (TPSA) is 92.4 Å². The molecule has 1 aliphatic rings. The SMILES string of the molecule is CC(O)C1CCN(c2ncc([N+](=O)[O-])cn2)CC1. The van der Waals surface area contributed by atoms with Crippen LogP contribution < -0.4 is 4.90 Å². The van der Waals surface area contributed by atoms with Gasteiger partial charge < -0.3 is 10.0 Å². The number of nitrogens with zero attached hydrogens (tertiary/aromatic N) is 4. The Bertz CT molecular complexity index is 413. The quantitative estimate of drug-likeness (QED) is 0.636. The fourth-order valence-electron chi connectivity index (χ4n) is 2.15. The second kappa shape index (κ2) is 5.26. The maximum absolute atomic E-state index is 10.5. The van der Waals surface area contributed by atoms with Crippen LogP contribution in [-0.4, -0.2) is 39.2 Å². The molecule has 2 heterocycles. The van der Waals surface area contributed by atoms with Gasteiger partial charge in [-0.05, 0) is 25.7 Å². The Balaban J connectivity index is 1.99. The predicted molar refractivity (Wildman–Crippen MR) is 65.3 cm³/mol. The smallest absolute Gasteiger partial charge is 0.305 e. The molecule has 0 bridgehead atoms. The summed E-state index contributed by atoms with van der Waals surface area (Å²) in [5.41, 5.74) is -0.0994. The largest absolute Gasteiger partial charge is 0.393 e. The lowest BCUT2D eigenvalue weighted by Gasteiger charge is -2.33. The van der Waals surface area contributed by atoms with Crippen LogP contribution in [-0.2, 0) is 0 Å². The molecule has 0 aliphatic carbocycles. The Hall–Kier alpha value is -1.76. The van der Waals surface area contributed by atoms with E-state index in [-0.39, 0.29) is 11.8 Å². The van der Waals surface area contributed by atoms with Crippen LogP contribution in [0.1, 0.15) is 19.8 Å². The van der Waals surface area contributed by atoms with Gasteiger partial charge in [0, 0.05) is 13.1 Å². The van der Waals surface area contributed by atoms with Crippen molar-refractivity contribution in [2.45, 2.75) is 25.9 Å². The molecule has 1 N–H and O–H groups in total. The summed E-state index contributed by atoms with van der Waals surface area (Å²) in [7, 11) is 0. The number of nitro groups is 1. The van der Waals surface area contributed by atoms with Gasteiger partial charge in [0.1, 0.15) is 12.4 Å². The van der Waals surface area contributed by atoms with Crippen molar-refractivity contribution in [1.82, 2.24) is 9.97 Å². The van der Waals surface area contributed by atoms with Crippen molar-refractivity contribution in [3.05, 3.63) is 22.5 Å². The van der Waals surface area contributed by atoms with Gasteiger partial charge in [0.05, 0.1) is 11.0 Å². The van der Waals surface area contributed by atoms with Gasteiger partial charge in [-0.15, -0.1) is 0 Å². The summed E-state index contributed by atoms with van der Waals surface area (Å²) in [6, 6.07) is 0. The zero-order chi connectivity index (χ0) is 13.1. The Morgan fingerprint density at radius 1 is 1.44 bits per heavy atom. The van der Waals surface area contributed by atoms with Crippen LogP contribution in [0, 0.1) is 16.0 Å². The van der Waals surface area contributed by atoms with E-state index in [2.05, 4.69) is 9.97 Å². The summed E-state index contributed by atoms with van der Waals surface area (Å²) < 4.78 is 0. The summed E-state index contributed by atoms with van der Waals surface area (Å²) in [4.78, 5) is 20.0. The second-order valence-electron chi connectivity index (χ2n) is 4.56. The Morgan fingerprint density at radius 2 is 2.00 bits per heavy atom. The molecular formula is C11H16N4O3. The summed E-state index contributed by atoms with van der Waals surface area (Å²) in [6.07, 6.45) is 3.94. The standard InChI is InChI=1S/C11H16N4O3/c1-8(16)9-2-4-14(5-3-9)11-12-6-10(7-13-11)15(17)18/h6-9,16H,2-5H2,1H3. The van der Waals surface area contributed by atoms with E-state index < -0.39 is 4.92 Å². The zero-order valence-corrected chi connectivity index (χ0v) is 10.2. The highest BCUT2D eigenvalue weighted by Gasteiger charge is 2.24. The maximum atomic E-state index is 10.5. The second-order valence-corrected chi connectivity index (χ2v) is 4.56. The van der Waals surface area contributed by atoms with Gasteiger partial charge in [0.25, 0.3) is 0 Å². The molecule has 18 heavy (non-hydrogen) atoms. The molecule has 1 aliphatic heterocycles. The molecule has 0 spiro atoms. The fourth-order valence-corrected chi connectivity index (χ4v) is 2.15. The van der Waals surface area contributed by atoms with E-state index in [1.54, 1.807) is 0 Å². The summed E-state index contributed by atoms with van der Waals surface area (Å²) in [5, 5.41) is 20.0. The monoisotopic (exact) mass is 252 g/mol. The number of anilines is 1. The molecule has 0 radical (unpaired) electrons. The highest BCUT2D eigenvalue weighted by Crippen LogP contribution is 2.23. The van der Waals surface area contributed by atoms with E-state index in [0.717, 1.165) is 25.9 Å². The van der Waals surface area contributed by atoms with Crippen LogP contribution >= 0.6 is 0 Å². The van der Waals surface area contributed by atoms with Crippen molar-refractivity contribution in [3.8, 4) is 0 Å². The third-order valence-electron chi connectivity index (χ3n) is 3.34. The molecule has 0 saturated carbocycles. The first-order valence-electron chi connectivity index (χ1n) is 5.97. The van der Waals surface area contributed by atoms with Gasteiger partial charge >= 0.3 is 5.69 Å². The van der Waals surface area contributed by atoms with E-state index in [9.17, 15) is 15.2 Å². The molecule has 1 saturated heterocycles. The van der Waals surface area contributed by atoms with Crippen LogP contribution in [0.2, 0.25) is 0 Å². The van der Waals surface area contributed by atoms with E-state index in [0.29, 0.717) is 11.9 Å². The summed E-state index contributed by atoms with van der Waals surface area (Å²) in [5.74, 6) is 0.837. The third kappa shape index (κ3) is 2.73. The lowest BCUT2D eigenvalue weighted by atomic mass is 9.92. The number of piperidine rings is 1. The molecule has 1 aromatic rings. The molecule has 0 amide bonds. The first kappa shape index (κ1) is 12.7. The Kier molecular flexibility index (Phi) is 3.71. The third-order valence-corrected chi connectivity index (χ3v) is 3.34. The lowest BCUT2D eigenvalue weighted by molar-refractivity contribution is -0.385. The number of hydrogen-bond acceptors (Lipinski definition) is 6. The van der Waals surface area contributed by atoms with Crippen molar-refractivity contribution in [3.63, 3.8) is 0 Å². The molecular weight excluding hydrogens is 236 g/mol. The average Bonchev–Trinajstić information content (AvgIpc) is 2.39. The molecule has 0 aromatic carbocycles. The van der Waals surface area contributed by atoms with Crippen LogP contribution in [0.15, 0.2) is 12.4 Å². The number of aliphatic hydroxyl groups is 1. The number of rotatable bonds is 3. The molecule has 1 atom stereocenters. The molecule has 7 nitrogen and oxygen atoms in total. The van der Waals surface area contributed by atoms with Gasteiger partial charge in [-0.3, -0.25) is 10.1 Å². The van der Waals surface area contributed by atoms with E-state index >= 15 is 0 Å². The first-order valence-corrected chi connectivity index (χ1v) is 5.97. The number of hydrogen-bond donors (Lipinski definition) is 1. The zero-order valence-electron chi connectivity index (χ0n) is 10.2. The highest BCUT2D eigenvalue weighted by molar-refractivity contribution is 5.34. The molecule has 98 valence electrons. The van der Waals surface area contributed by atoms with Gasteiger partial charge in [0.2, 0.25) is 5.95 Å². The fraction of sp³-hybridized carbons (Fsp3) is 0.636.